The van der Waals surface area contributed by atoms with E-state index < -0.39 is 5.91 Å². The number of H-pyrrole nitrogens is 1. The first-order chi connectivity index (χ1) is 10.5. The molecule has 1 aromatic carbocycles. The number of nitrogens with one attached hydrogen (secondary N) is 1. The van der Waals surface area contributed by atoms with E-state index in [1.165, 1.54) is 0 Å². The van der Waals surface area contributed by atoms with E-state index in [0.29, 0.717) is 10.9 Å². The van der Waals surface area contributed by atoms with Gasteiger partial charge in [-0.05, 0) is 6.07 Å². The van der Waals surface area contributed by atoms with Crippen LogP contribution in [0.15, 0.2) is 34.5 Å². The van der Waals surface area contributed by atoms with E-state index in [9.17, 15) is 9.90 Å². The van der Waals surface area contributed by atoms with Gasteiger partial charge in [-0.3, -0.25) is 4.79 Å². The monoisotopic (exact) mass is 298 g/mol. The number of carbonyl (C=O) groups excluding carboxylic acids is 1. The first kappa shape index (κ1) is 13.4. The summed E-state index contributed by atoms with van der Waals surface area (Å²) in [5.41, 5.74) is 11.5. The summed E-state index contributed by atoms with van der Waals surface area (Å²) in [5.74, 6) is -1.77. The molecule has 22 heavy (non-hydrogen) atoms. The summed E-state index contributed by atoms with van der Waals surface area (Å²) in [5, 5.41) is 17.6. The van der Waals surface area contributed by atoms with Gasteiger partial charge in [-0.2, -0.15) is 15.0 Å². The summed E-state index contributed by atoms with van der Waals surface area (Å²) >= 11 is 0. The van der Waals surface area contributed by atoms with E-state index in [1.807, 2.05) is 0 Å². The SMILES string of the molecule is Nc1nc(N)nc(C(=O)N=Nc2c(O)[nH]c3ccccc23)n1. The van der Waals surface area contributed by atoms with E-state index in [2.05, 4.69) is 30.2 Å². The zero-order valence-corrected chi connectivity index (χ0v) is 11.1. The molecule has 0 saturated carbocycles. The second-order valence-corrected chi connectivity index (χ2v) is 4.25. The van der Waals surface area contributed by atoms with Gasteiger partial charge in [0.05, 0.1) is 5.52 Å². The number of benzene rings is 1. The Morgan fingerprint density at radius 1 is 1.14 bits per heavy atom. The number of amides is 1. The van der Waals surface area contributed by atoms with Gasteiger partial charge >= 0.3 is 5.91 Å². The highest BCUT2D eigenvalue weighted by molar-refractivity contribution is 5.95. The summed E-state index contributed by atoms with van der Waals surface area (Å²) in [6.07, 6.45) is 0. The van der Waals surface area contributed by atoms with Gasteiger partial charge in [0, 0.05) is 5.39 Å². The Labute approximate surface area is 122 Å². The Morgan fingerprint density at radius 3 is 2.55 bits per heavy atom. The Balaban J connectivity index is 1.95. The molecule has 0 fully saturated rings. The van der Waals surface area contributed by atoms with Gasteiger partial charge < -0.3 is 21.6 Å². The second kappa shape index (κ2) is 5.09. The second-order valence-electron chi connectivity index (χ2n) is 4.25. The number of nitrogen functional groups attached to an aromatic ring is 2. The maximum absolute atomic E-state index is 11.9. The summed E-state index contributed by atoms with van der Waals surface area (Å²) in [6, 6.07) is 7.04. The molecule has 3 rings (SSSR count). The van der Waals surface area contributed by atoms with Gasteiger partial charge in [0.1, 0.15) is 0 Å². The van der Waals surface area contributed by atoms with Crippen molar-refractivity contribution in [1.82, 2.24) is 19.9 Å². The number of azo groups is 1. The number of fused-ring (bicyclic) bond motifs is 1. The number of rotatable bonds is 2. The van der Waals surface area contributed by atoms with Crippen LogP contribution in [0.5, 0.6) is 5.88 Å². The lowest BCUT2D eigenvalue weighted by atomic mass is 10.2. The first-order valence-electron chi connectivity index (χ1n) is 6.07. The fraction of sp³-hybridized carbons (Fsp3) is 0. The minimum Gasteiger partial charge on any atom is -0.493 e. The quantitative estimate of drug-likeness (QED) is 0.514. The summed E-state index contributed by atoms with van der Waals surface area (Å²) in [6.45, 7) is 0. The van der Waals surface area contributed by atoms with Crippen molar-refractivity contribution in [2.75, 3.05) is 11.5 Å². The molecule has 110 valence electrons. The van der Waals surface area contributed by atoms with E-state index in [1.54, 1.807) is 24.3 Å². The average molecular weight is 298 g/mol. The van der Waals surface area contributed by atoms with Crippen LogP contribution >= 0.6 is 0 Å². The Bertz CT molecular complexity index is 881. The van der Waals surface area contributed by atoms with Gasteiger partial charge in [-0.1, -0.05) is 18.2 Å². The molecular formula is C12H10N8O2. The largest absolute Gasteiger partial charge is 0.493 e. The van der Waals surface area contributed by atoms with Gasteiger partial charge in [-0.25, -0.2) is 0 Å². The molecule has 0 bridgehead atoms. The molecule has 0 aliphatic carbocycles. The molecule has 0 aliphatic rings. The molecule has 6 N–H and O–H groups in total. The topological polar surface area (TPSA) is 169 Å². The normalized spacial score (nSPS) is 11.3. The highest BCUT2D eigenvalue weighted by Crippen LogP contribution is 2.35. The summed E-state index contributed by atoms with van der Waals surface area (Å²) < 4.78 is 0. The Kier molecular flexibility index (Phi) is 3.10. The lowest BCUT2D eigenvalue weighted by molar-refractivity contribution is 0.0985. The zero-order chi connectivity index (χ0) is 15.7. The van der Waals surface area contributed by atoms with E-state index >= 15 is 0 Å². The number of nitrogens with two attached hydrogens (primary N) is 2. The number of anilines is 2. The van der Waals surface area contributed by atoms with Crippen LogP contribution in [-0.4, -0.2) is 30.9 Å². The number of para-hydroxylation sites is 1. The third kappa shape index (κ3) is 2.40. The average Bonchev–Trinajstić information content (AvgIpc) is 2.79. The summed E-state index contributed by atoms with van der Waals surface area (Å²) in [7, 11) is 0. The van der Waals surface area contributed by atoms with Crippen LogP contribution in [0, 0.1) is 0 Å². The molecule has 2 aromatic heterocycles. The van der Waals surface area contributed by atoms with Crippen molar-refractivity contribution in [3.63, 3.8) is 0 Å². The van der Waals surface area contributed by atoms with E-state index in [4.69, 9.17) is 11.5 Å². The molecule has 0 unspecified atom stereocenters. The van der Waals surface area contributed by atoms with Gasteiger partial charge in [0.25, 0.3) is 0 Å². The molecule has 10 heteroatoms. The number of aromatic amines is 1. The van der Waals surface area contributed by atoms with Crippen LogP contribution in [0.1, 0.15) is 10.6 Å². The van der Waals surface area contributed by atoms with Gasteiger partial charge in [-0.15, -0.1) is 10.2 Å². The third-order valence-electron chi connectivity index (χ3n) is 2.76. The molecular weight excluding hydrogens is 288 g/mol. The predicted octanol–water partition coefficient (Wildman–Crippen LogP) is 1.15. The van der Waals surface area contributed by atoms with Crippen molar-refractivity contribution < 1.29 is 9.90 Å². The third-order valence-corrected chi connectivity index (χ3v) is 2.76. The van der Waals surface area contributed by atoms with Crippen molar-refractivity contribution in [3.8, 4) is 5.88 Å². The van der Waals surface area contributed by atoms with Crippen LogP contribution in [0.25, 0.3) is 10.9 Å². The van der Waals surface area contributed by atoms with Crippen LogP contribution in [0.3, 0.4) is 0 Å². The van der Waals surface area contributed by atoms with Gasteiger partial charge in [0.15, 0.2) is 5.69 Å². The predicted molar refractivity (Wildman–Crippen MR) is 77.5 cm³/mol. The smallest absolute Gasteiger partial charge is 0.333 e. The minimum atomic E-state index is -0.856. The maximum atomic E-state index is 11.9. The van der Waals surface area contributed by atoms with Gasteiger partial charge in [0.2, 0.25) is 23.6 Å². The molecule has 0 aliphatic heterocycles. The number of carbonyl (C=O) groups is 1. The van der Waals surface area contributed by atoms with E-state index in [-0.39, 0.29) is 29.3 Å². The number of hydrogen-bond donors (Lipinski definition) is 4. The Hall–Kier alpha value is -3.56. The van der Waals surface area contributed by atoms with Crippen LogP contribution in [0.2, 0.25) is 0 Å². The van der Waals surface area contributed by atoms with Crippen LogP contribution in [-0.2, 0) is 0 Å². The number of nitrogens with zero attached hydrogens (tertiary/aromatic N) is 5. The van der Waals surface area contributed by atoms with Crippen LogP contribution < -0.4 is 11.5 Å². The lowest BCUT2D eigenvalue weighted by Gasteiger charge is -1.97. The molecule has 0 atom stereocenters. The zero-order valence-electron chi connectivity index (χ0n) is 11.1. The molecule has 10 nitrogen and oxygen atoms in total. The van der Waals surface area contributed by atoms with Crippen LogP contribution in [0.4, 0.5) is 17.6 Å². The first-order valence-corrected chi connectivity index (χ1v) is 6.07. The maximum Gasteiger partial charge on any atom is 0.333 e. The number of hydrogen-bond acceptors (Lipinski definition) is 8. The molecule has 0 radical (unpaired) electrons. The van der Waals surface area contributed by atoms with E-state index in [0.717, 1.165) is 0 Å². The van der Waals surface area contributed by atoms with Crippen molar-refractivity contribution in [3.05, 3.63) is 30.1 Å². The fourth-order valence-corrected chi connectivity index (χ4v) is 1.86. The number of aromatic nitrogens is 4. The summed E-state index contributed by atoms with van der Waals surface area (Å²) in [4.78, 5) is 25.4. The molecule has 0 saturated heterocycles. The molecule has 3 aromatic rings. The fourth-order valence-electron chi connectivity index (χ4n) is 1.86. The molecule has 2 heterocycles. The number of aromatic hydroxyl groups is 1. The highest BCUT2D eigenvalue weighted by atomic mass is 16.3. The van der Waals surface area contributed by atoms with Crippen molar-refractivity contribution in [1.29, 1.82) is 0 Å². The standard InChI is InChI=1S/C12H10N8O2/c13-11-16-8(17-12(14)18-11)10(22)20-19-7-5-3-1-2-4-6(5)15-9(7)21/h1-4,15,21H,(H4,13,14,16,17,18). The minimum absolute atomic E-state index is 0.138. The van der Waals surface area contributed by atoms with Crippen molar-refractivity contribution >= 4 is 34.4 Å². The van der Waals surface area contributed by atoms with Crippen molar-refractivity contribution in [2.45, 2.75) is 0 Å². The molecule has 1 amide bonds. The van der Waals surface area contributed by atoms with Crippen molar-refractivity contribution in [2.24, 2.45) is 10.2 Å². The molecule has 0 spiro atoms. The Morgan fingerprint density at radius 2 is 1.82 bits per heavy atom. The lowest BCUT2D eigenvalue weighted by Crippen LogP contribution is -2.10. The highest BCUT2D eigenvalue weighted by Gasteiger charge is 2.13.